The fraction of sp³-hybridized carbons (Fsp3) is 0.0952. The molecule has 28 heavy (non-hydrogen) atoms. The maximum atomic E-state index is 13.9. The highest BCUT2D eigenvalue weighted by Crippen LogP contribution is 2.35. The quantitative estimate of drug-likeness (QED) is 0.527. The lowest BCUT2D eigenvalue weighted by Gasteiger charge is -2.15. The Hall–Kier alpha value is -3.35. The molecule has 0 radical (unpaired) electrons. The Kier molecular flexibility index (Phi) is 5.35. The molecular weight excluding hydrogens is 372 g/mol. The average molecular weight is 388 g/mol. The first-order valence-corrected chi connectivity index (χ1v) is 8.35. The molecule has 2 N–H and O–H groups in total. The maximum absolute atomic E-state index is 13.9. The highest BCUT2D eigenvalue weighted by atomic mass is 19.4. The van der Waals surface area contributed by atoms with Gasteiger partial charge in [0.05, 0.1) is 16.8 Å². The van der Waals surface area contributed by atoms with E-state index in [0.717, 1.165) is 6.07 Å². The summed E-state index contributed by atoms with van der Waals surface area (Å²) in [4.78, 5) is 12.3. The van der Waals surface area contributed by atoms with Gasteiger partial charge in [-0.05, 0) is 55.0 Å². The minimum absolute atomic E-state index is 0.0520. The van der Waals surface area contributed by atoms with Crippen molar-refractivity contribution in [2.45, 2.75) is 13.1 Å². The van der Waals surface area contributed by atoms with Crippen LogP contribution in [0, 0.1) is 12.7 Å². The topological polar surface area (TPSA) is 41.1 Å². The molecule has 0 unspecified atom stereocenters. The molecule has 0 atom stereocenters. The summed E-state index contributed by atoms with van der Waals surface area (Å²) < 4.78 is 53.1. The van der Waals surface area contributed by atoms with E-state index in [1.165, 1.54) is 54.6 Å². The third-order valence-corrected chi connectivity index (χ3v) is 4.10. The smallest absolute Gasteiger partial charge is 0.355 e. The van der Waals surface area contributed by atoms with Gasteiger partial charge in [0, 0.05) is 11.4 Å². The van der Waals surface area contributed by atoms with E-state index in [2.05, 4.69) is 10.6 Å². The first-order chi connectivity index (χ1) is 13.3. The van der Waals surface area contributed by atoms with Gasteiger partial charge in [-0.2, -0.15) is 13.2 Å². The number of nitrogens with one attached hydrogen (secondary N) is 2. The van der Waals surface area contributed by atoms with Crippen LogP contribution in [0.1, 0.15) is 21.5 Å². The summed E-state index contributed by atoms with van der Waals surface area (Å²) in [5.41, 5.74) is 0.401. The first kappa shape index (κ1) is 19.4. The first-order valence-electron chi connectivity index (χ1n) is 8.35. The highest BCUT2D eigenvalue weighted by Gasteiger charge is 2.33. The van der Waals surface area contributed by atoms with E-state index in [-0.39, 0.29) is 11.3 Å². The van der Waals surface area contributed by atoms with E-state index in [1.807, 2.05) is 0 Å². The Bertz CT molecular complexity index is 978. The van der Waals surface area contributed by atoms with Crippen LogP contribution in [0.15, 0.2) is 66.7 Å². The zero-order valence-electron chi connectivity index (χ0n) is 14.8. The fourth-order valence-electron chi connectivity index (χ4n) is 2.74. The van der Waals surface area contributed by atoms with E-state index in [1.54, 1.807) is 13.0 Å². The minimum Gasteiger partial charge on any atom is -0.355 e. The van der Waals surface area contributed by atoms with Crippen molar-refractivity contribution in [1.29, 1.82) is 0 Å². The second kappa shape index (κ2) is 7.72. The van der Waals surface area contributed by atoms with Crippen LogP contribution in [0.2, 0.25) is 0 Å². The largest absolute Gasteiger partial charge is 0.418 e. The molecule has 144 valence electrons. The Balaban J connectivity index is 1.76. The van der Waals surface area contributed by atoms with Gasteiger partial charge < -0.3 is 10.6 Å². The minimum atomic E-state index is -4.48. The van der Waals surface area contributed by atoms with Crippen molar-refractivity contribution in [3.05, 3.63) is 89.2 Å². The van der Waals surface area contributed by atoms with E-state index < -0.39 is 23.5 Å². The van der Waals surface area contributed by atoms with Gasteiger partial charge in [0.1, 0.15) is 5.82 Å². The SMILES string of the molecule is Cc1cccc(F)c1C(=O)Nc1ccc(Nc2ccccc2C(F)(F)F)cc1. The number of carbonyl (C=O) groups is 1. The predicted molar refractivity (Wildman–Crippen MR) is 100 cm³/mol. The van der Waals surface area contributed by atoms with Crippen LogP contribution in [0.5, 0.6) is 0 Å². The van der Waals surface area contributed by atoms with Crippen LogP contribution in [0.3, 0.4) is 0 Å². The summed E-state index contributed by atoms with van der Waals surface area (Å²) in [5.74, 6) is -1.22. The second-order valence-corrected chi connectivity index (χ2v) is 6.13. The summed E-state index contributed by atoms with van der Waals surface area (Å²) in [6, 6.07) is 15.6. The molecule has 0 fully saturated rings. The normalized spacial score (nSPS) is 11.2. The predicted octanol–water partition coefficient (Wildman–Crippen LogP) is 6.15. The molecule has 3 nitrogen and oxygen atoms in total. The molecular formula is C21H16F4N2O. The molecule has 1 amide bonds. The fourth-order valence-corrected chi connectivity index (χ4v) is 2.74. The van der Waals surface area contributed by atoms with Gasteiger partial charge >= 0.3 is 6.18 Å². The number of rotatable bonds is 4. The molecule has 0 saturated carbocycles. The standard InChI is InChI=1S/C21H16F4N2O/c1-13-5-4-7-17(22)19(13)20(28)27-15-11-9-14(10-12-15)26-18-8-3-2-6-16(18)21(23,24)25/h2-12,26H,1H3,(H,27,28). The van der Waals surface area contributed by atoms with Crippen molar-refractivity contribution in [1.82, 2.24) is 0 Å². The lowest BCUT2D eigenvalue weighted by Crippen LogP contribution is -2.15. The molecule has 0 aromatic heterocycles. The number of aryl methyl sites for hydroxylation is 1. The molecule has 3 rings (SSSR count). The van der Waals surface area contributed by atoms with Crippen LogP contribution >= 0.6 is 0 Å². The number of halogens is 4. The summed E-state index contributed by atoms with van der Waals surface area (Å²) in [6.07, 6.45) is -4.48. The van der Waals surface area contributed by atoms with Crippen LogP contribution in [0.4, 0.5) is 34.6 Å². The van der Waals surface area contributed by atoms with Crippen LogP contribution in [-0.2, 0) is 6.18 Å². The zero-order valence-corrected chi connectivity index (χ0v) is 14.8. The average Bonchev–Trinajstić information content (AvgIpc) is 2.63. The van der Waals surface area contributed by atoms with Gasteiger partial charge in [0.15, 0.2) is 0 Å². The molecule has 7 heteroatoms. The van der Waals surface area contributed by atoms with Crippen molar-refractivity contribution in [2.75, 3.05) is 10.6 Å². The van der Waals surface area contributed by atoms with E-state index in [0.29, 0.717) is 16.9 Å². The van der Waals surface area contributed by atoms with Gasteiger partial charge in [-0.1, -0.05) is 24.3 Å². The van der Waals surface area contributed by atoms with Gasteiger partial charge in [0.25, 0.3) is 5.91 Å². The van der Waals surface area contributed by atoms with Crippen LogP contribution < -0.4 is 10.6 Å². The highest BCUT2D eigenvalue weighted by molar-refractivity contribution is 6.05. The molecule has 0 bridgehead atoms. The summed E-state index contributed by atoms with van der Waals surface area (Å²) in [6.45, 7) is 1.63. The Morgan fingerprint density at radius 2 is 1.50 bits per heavy atom. The molecule has 3 aromatic carbocycles. The third kappa shape index (κ3) is 4.31. The lowest BCUT2D eigenvalue weighted by molar-refractivity contribution is -0.136. The number of anilines is 3. The maximum Gasteiger partial charge on any atom is 0.418 e. The third-order valence-electron chi connectivity index (χ3n) is 4.10. The molecule has 3 aromatic rings. The van der Waals surface area contributed by atoms with Crippen molar-refractivity contribution >= 4 is 23.0 Å². The Morgan fingerprint density at radius 1 is 0.857 bits per heavy atom. The summed E-state index contributed by atoms with van der Waals surface area (Å²) in [5, 5.41) is 5.30. The van der Waals surface area contributed by atoms with Crippen molar-refractivity contribution in [3.63, 3.8) is 0 Å². The number of alkyl halides is 3. The van der Waals surface area contributed by atoms with Crippen LogP contribution in [-0.4, -0.2) is 5.91 Å². The van der Waals surface area contributed by atoms with Crippen molar-refractivity contribution < 1.29 is 22.4 Å². The van der Waals surface area contributed by atoms with Gasteiger partial charge in [-0.25, -0.2) is 4.39 Å². The number of para-hydroxylation sites is 1. The molecule has 0 aliphatic rings. The summed E-state index contributed by atoms with van der Waals surface area (Å²) in [7, 11) is 0. The second-order valence-electron chi connectivity index (χ2n) is 6.13. The van der Waals surface area contributed by atoms with Gasteiger partial charge in [-0.3, -0.25) is 4.79 Å². The monoisotopic (exact) mass is 388 g/mol. The number of amides is 1. The van der Waals surface area contributed by atoms with Gasteiger partial charge in [0.2, 0.25) is 0 Å². The van der Waals surface area contributed by atoms with Crippen molar-refractivity contribution in [3.8, 4) is 0 Å². The Labute approximate surface area is 159 Å². The molecule has 0 saturated heterocycles. The molecule has 0 heterocycles. The van der Waals surface area contributed by atoms with Gasteiger partial charge in [-0.15, -0.1) is 0 Å². The number of hydrogen-bond acceptors (Lipinski definition) is 2. The molecule has 0 aliphatic heterocycles. The zero-order chi connectivity index (χ0) is 20.3. The lowest BCUT2D eigenvalue weighted by atomic mass is 10.1. The van der Waals surface area contributed by atoms with Crippen molar-refractivity contribution in [2.24, 2.45) is 0 Å². The number of carbonyl (C=O) groups excluding carboxylic acids is 1. The summed E-state index contributed by atoms with van der Waals surface area (Å²) >= 11 is 0. The number of benzene rings is 3. The van der Waals surface area contributed by atoms with Crippen LogP contribution in [0.25, 0.3) is 0 Å². The Morgan fingerprint density at radius 3 is 2.14 bits per heavy atom. The van der Waals surface area contributed by atoms with E-state index in [4.69, 9.17) is 0 Å². The number of hydrogen-bond donors (Lipinski definition) is 2. The molecule has 0 aliphatic carbocycles. The van der Waals surface area contributed by atoms with E-state index in [9.17, 15) is 22.4 Å². The molecule has 0 spiro atoms. The van der Waals surface area contributed by atoms with E-state index >= 15 is 0 Å².